The number of anilines is 1. The Hall–Kier alpha value is -1.78. The summed E-state index contributed by atoms with van der Waals surface area (Å²) < 4.78 is 1.87. The second-order valence-electron chi connectivity index (χ2n) is 4.19. The number of aromatic nitrogens is 3. The molecule has 2 heterocycles. The highest BCUT2D eigenvalue weighted by Crippen LogP contribution is 2.35. The van der Waals surface area contributed by atoms with Crippen LogP contribution >= 0.6 is 23.2 Å². The van der Waals surface area contributed by atoms with Crippen molar-refractivity contribution in [3.63, 3.8) is 0 Å². The van der Waals surface area contributed by atoms with Gasteiger partial charge in [0.15, 0.2) is 5.65 Å². The topological polar surface area (TPSA) is 56.7 Å². The highest BCUT2D eigenvalue weighted by atomic mass is 35.5. The van der Waals surface area contributed by atoms with Crippen LogP contribution in [0.3, 0.4) is 0 Å². The minimum atomic E-state index is 0.419. The van der Waals surface area contributed by atoms with Crippen LogP contribution in [0.2, 0.25) is 10.0 Å². The average molecular weight is 293 g/mol. The lowest BCUT2D eigenvalue weighted by Gasteiger charge is -2.08. The third-order valence-electron chi connectivity index (χ3n) is 2.96. The number of halogens is 2. The molecule has 4 nitrogen and oxygen atoms in total. The second kappa shape index (κ2) is 4.40. The van der Waals surface area contributed by atoms with Crippen molar-refractivity contribution in [2.24, 2.45) is 7.05 Å². The first kappa shape index (κ1) is 12.3. The summed E-state index contributed by atoms with van der Waals surface area (Å²) in [6.07, 6.45) is 1.72. The van der Waals surface area contributed by atoms with E-state index in [1.807, 2.05) is 23.7 Å². The van der Waals surface area contributed by atoms with Gasteiger partial charge in [0.1, 0.15) is 11.3 Å². The number of rotatable bonds is 1. The Morgan fingerprint density at radius 3 is 2.79 bits per heavy atom. The summed E-state index contributed by atoms with van der Waals surface area (Å²) in [5.41, 5.74) is 8.77. The van der Waals surface area contributed by atoms with E-state index in [0.717, 1.165) is 11.2 Å². The summed E-state index contributed by atoms with van der Waals surface area (Å²) >= 11 is 12.1. The Morgan fingerprint density at radius 1 is 1.26 bits per heavy atom. The van der Waals surface area contributed by atoms with Gasteiger partial charge in [-0.15, -0.1) is 0 Å². The Kier molecular flexibility index (Phi) is 2.84. The molecule has 96 valence electrons. The van der Waals surface area contributed by atoms with Crippen LogP contribution in [-0.2, 0) is 7.05 Å². The molecular weight excluding hydrogens is 283 g/mol. The molecule has 0 aliphatic rings. The van der Waals surface area contributed by atoms with Crippen LogP contribution in [0.5, 0.6) is 0 Å². The molecule has 2 aromatic heterocycles. The largest absolute Gasteiger partial charge is 0.397 e. The zero-order valence-corrected chi connectivity index (χ0v) is 11.6. The van der Waals surface area contributed by atoms with Gasteiger partial charge in [-0.3, -0.25) is 0 Å². The van der Waals surface area contributed by atoms with Crippen LogP contribution in [0.1, 0.15) is 0 Å². The Bertz CT molecular complexity index is 780. The van der Waals surface area contributed by atoms with Crippen molar-refractivity contribution in [2.45, 2.75) is 0 Å². The fourth-order valence-corrected chi connectivity index (χ4v) is 2.53. The summed E-state index contributed by atoms with van der Waals surface area (Å²) in [6.45, 7) is 0. The molecule has 0 radical (unpaired) electrons. The van der Waals surface area contributed by atoms with Crippen LogP contribution in [0.25, 0.3) is 22.6 Å². The predicted molar refractivity (Wildman–Crippen MR) is 78.4 cm³/mol. The van der Waals surface area contributed by atoms with Crippen LogP contribution < -0.4 is 5.73 Å². The molecule has 0 saturated heterocycles. The van der Waals surface area contributed by atoms with Gasteiger partial charge in [0, 0.05) is 23.8 Å². The minimum absolute atomic E-state index is 0.419. The number of benzene rings is 1. The van der Waals surface area contributed by atoms with Crippen molar-refractivity contribution >= 4 is 40.1 Å². The minimum Gasteiger partial charge on any atom is -0.397 e. The molecule has 0 aliphatic heterocycles. The van der Waals surface area contributed by atoms with E-state index in [-0.39, 0.29) is 0 Å². The van der Waals surface area contributed by atoms with Gasteiger partial charge in [0.25, 0.3) is 0 Å². The van der Waals surface area contributed by atoms with E-state index in [1.54, 1.807) is 18.3 Å². The van der Waals surface area contributed by atoms with Crippen molar-refractivity contribution in [3.8, 4) is 11.4 Å². The van der Waals surface area contributed by atoms with Gasteiger partial charge in [-0.25, -0.2) is 9.97 Å². The highest BCUT2D eigenvalue weighted by Gasteiger charge is 2.15. The first-order valence-electron chi connectivity index (χ1n) is 5.60. The molecule has 3 rings (SSSR count). The van der Waals surface area contributed by atoms with Gasteiger partial charge >= 0.3 is 0 Å². The molecule has 2 N–H and O–H groups in total. The monoisotopic (exact) mass is 292 g/mol. The molecule has 0 fully saturated rings. The molecule has 3 aromatic rings. The van der Waals surface area contributed by atoms with Gasteiger partial charge < -0.3 is 10.3 Å². The number of fused-ring (bicyclic) bond motifs is 1. The maximum Gasteiger partial charge on any atom is 0.159 e. The fourth-order valence-electron chi connectivity index (χ4n) is 2.03. The van der Waals surface area contributed by atoms with E-state index in [2.05, 4.69) is 9.97 Å². The van der Waals surface area contributed by atoms with Crippen LogP contribution in [0.15, 0.2) is 30.5 Å². The lowest BCUT2D eigenvalue weighted by molar-refractivity contribution is 0.942. The molecule has 0 amide bonds. The number of hydrogen-bond acceptors (Lipinski definition) is 3. The number of nitrogen functional groups attached to an aromatic ring is 1. The van der Waals surface area contributed by atoms with Crippen molar-refractivity contribution in [1.82, 2.24) is 14.5 Å². The van der Waals surface area contributed by atoms with E-state index in [1.165, 1.54) is 0 Å². The first-order chi connectivity index (χ1) is 9.08. The van der Waals surface area contributed by atoms with E-state index >= 15 is 0 Å². The number of nitrogens with zero attached hydrogens (tertiary/aromatic N) is 3. The van der Waals surface area contributed by atoms with Gasteiger partial charge in [0.05, 0.1) is 10.7 Å². The summed E-state index contributed by atoms with van der Waals surface area (Å²) in [5, 5.41) is 0.941. The fraction of sp³-hybridized carbons (Fsp3) is 0.0769. The molecule has 0 unspecified atom stereocenters. The van der Waals surface area contributed by atoms with Crippen molar-refractivity contribution in [2.75, 3.05) is 5.73 Å². The molecule has 0 spiro atoms. The molecular formula is C13H10Cl2N4. The molecule has 1 aromatic carbocycles. The number of hydrogen-bond donors (Lipinski definition) is 1. The maximum absolute atomic E-state index is 6.06. The van der Waals surface area contributed by atoms with E-state index < -0.39 is 0 Å². The lowest BCUT2D eigenvalue weighted by atomic mass is 10.1. The van der Waals surface area contributed by atoms with Gasteiger partial charge in [-0.05, 0) is 24.3 Å². The normalized spacial score (nSPS) is 11.1. The van der Waals surface area contributed by atoms with Crippen molar-refractivity contribution in [1.29, 1.82) is 0 Å². The Labute approximate surface area is 119 Å². The molecule has 0 bridgehead atoms. The molecule has 0 atom stereocenters. The van der Waals surface area contributed by atoms with Gasteiger partial charge in [-0.1, -0.05) is 23.2 Å². The molecule has 0 aliphatic carbocycles. The van der Waals surface area contributed by atoms with E-state index in [9.17, 15) is 0 Å². The number of nitrogens with two attached hydrogens (primary N) is 1. The van der Waals surface area contributed by atoms with Crippen molar-refractivity contribution < 1.29 is 0 Å². The molecule has 19 heavy (non-hydrogen) atoms. The number of pyridine rings is 1. The van der Waals surface area contributed by atoms with Crippen LogP contribution in [0, 0.1) is 0 Å². The van der Waals surface area contributed by atoms with Crippen LogP contribution in [0.4, 0.5) is 5.69 Å². The summed E-state index contributed by atoms with van der Waals surface area (Å²) in [6, 6.07) is 7.11. The van der Waals surface area contributed by atoms with E-state index in [0.29, 0.717) is 27.1 Å². The van der Waals surface area contributed by atoms with Gasteiger partial charge in [0.2, 0.25) is 0 Å². The zero-order chi connectivity index (χ0) is 13.6. The molecule has 0 saturated carbocycles. The maximum atomic E-state index is 6.06. The third-order valence-corrected chi connectivity index (χ3v) is 3.49. The number of imidazole rings is 1. The smallest absolute Gasteiger partial charge is 0.159 e. The zero-order valence-electron chi connectivity index (χ0n) is 10.1. The standard InChI is InChI=1S/C13H10Cl2N4/c1-19-12(18-10-3-2-4-17-13(10)19)8-5-7(14)6-9(15)11(8)16/h2-6H,16H2,1H3. The SMILES string of the molecule is Cn1c(-c2cc(Cl)cc(Cl)c2N)nc2cccnc21. The Balaban J connectivity index is 2.33. The number of aryl methyl sites for hydroxylation is 1. The van der Waals surface area contributed by atoms with Crippen molar-refractivity contribution in [3.05, 3.63) is 40.5 Å². The summed E-state index contributed by atoms with van der Waals surface area (Å²) in [4.78, 5) is 8.82. The first-order valence-corrected chi connectivity index (χ1v) is 6.36. The summed E-state index contributed by atoms with van der Waals surface area (Å²) in [5.74, 6) is 0.690. The average Bonchev–Trinajstić information content (AvgIpc) is 2.72. The molecule has 6 heteroatoms. The second-order valence-corrected chi connectivity index (χ2v) is 5.03. The van der Waals surface area contributed by atoms with Gasteiger partial charge in [-0.2, -0.15) is 0 Å². The van der Waals surface area contributed by atoms with E-state index in [4.69, 9.17) is 28.9 Å². The Morgan fingerprint density at radius 2 is 2.05 bits per heavy atom. The predicted octanol–water partition coefficient (Wildman–Crippen LogP) is 3.52. The highest BCUT2D eigenvalue weighted by molar-refractivity contribution is 6.37. The van der Waals surface area contributed by atoms with Crippen LogP contribution in [-0.4, -0.2) is 14.5 Å². The quantitative estimate of drug-likeness (QED) is 0.698. The third kappa shape index (κ3) is 1.93. The summed E-state index contributed by atoms with van der Waals surface area (Å²) in [7, 11) is 1.88. The lowest BCUT2D eigenvalue weighted by Crippen LogP contribution is -1.98.